The van der Waals surface area contributed by atoms with E-state index in [1.165, 1.54) is 31.2 Å². The largest absolute Gasteiger partial charge is 0.473 e. The molecule has 136 valence electrons. The molecule has 3 atom stereocenters. The van der Waals surface area contributed by atoms with Crippen LogP contribution in [0.3, 0.4) is 0 Å². The van der Waals surface area contributed by atoms with Crippen LogP contribution < -0.4 is 5.32 Å². The first kappa shape index (κ1) is 18.9. The van der Waals surface area contributed by atoms with Crippen molar-refractivity contribution in [2.24, 2.45) is 11.8 Å². The lowest BCUT2D eigenvalue weighted by molar-refractivity contribution is -0.384. The molecule has 0 saturated heterocycles. The standard InChI is InChI=1S/C15H20N2O2.C2H2O4/c18-17(19)14-5-2-11(3-6-14)7-8-16-15-10-12-1-4-13(15)9-12;3-1(4)2(5)6/h2-3,5-6,12-13,15-16H,1,4,7-10H2;(H,3,4)(H,5,6). The van der Waals surface area contributed by atoms with E-state index in [1.54, 1.807) is 12.1 Å². The maximum atomic E-state index is 10.6. The first-order chi connectivity index (χ1) is 11.9. The van der Waals surface area contributed by atoms with Crippen molar-refractivity contribution in [1.29, 1.82) is 0 Å². The SMILES string of the molecule is O=C(O)C(=O)O.O=[N+]([O-])c1ccc(CCNC2CC3CCC2C3)cc1. The second-order valence-corrected chi connectivity index (χ2v) is 6.52. The lowest BCUT2D eigenvalue weighted by Crippen LogP contribution is -2.35. The number of hydrogen-bond acceptors (Lipinski definition) is 5. The topological polar surface area (TPSA) is 130 Å². The molecule has 3 unspecified atom stereocenters. The van der Waals surface area contributed by atoms with Crippen LogP contribution in [0.2, 0.25) is 0 Å². The van der Waals surface area contributed by atoms with Crippen molar-refractivity contribution in [3.63, 3.8) is 0 Å². The first-order valence-corrected chi connectivity index (χ1v) is 8.29. The molecule has 0 aliphatic heterocycles. The van der Waals surface area contributed by atoms with Gasteiger partial charge in [0.05, 0.1) is 4.92 Å². The van der Waals surface area contributed by atoms with Gasteiger partial charge in [-0.25, -0.2) is 9.59 Å². The molecule has 2 aliphatic carbocycles. The van der Waals surface area contributed by atoms with Gasteiger partial charge in [-0.3, -0.25) is 10.1 Å². The number of nitro benzene ring substituents is 1. The van der Waals surface area contributed by atoms with Crippen LogP contribution in [0, 0.1) is 22.0 Å². The summed E-state index contributed by atoms with van der Waals surface area (Å²) in [6, 6.07) is 7.62. The van der Waals surface area contributed by atoms with Crippen molar-refractivity contribution < 1.29 is 24.7 Å². The van der Waals surface area contributed by atoms with Gasteiger partial charge in [-0.15, -0.1) is 0 Å². The maximum absolute atomic E-state index is 10.6. The number of non-ortho nitro benzene ring substituents is 1. The highest BCUT2D eigenvalue weighted by atomic mass is 16.6. The number of fused-ring (bicyclic) bond motifs is 2. The third-order valence-corrected chi connectivity index (χ3v) is 4.89. The second kappa shape index (κ2) is 8.57. The van der Waals surface area contributed by atoms with Crippen LogP contribution >= 0.6 is 0 Å². The molecule has 25 heavy (non-hydrogen) atoms. The van der Waals surface area contributed by atoms with Gasteiger partial charge in [-0.1, -0.05) is 18.6 Å². The van der Waals surface area contributed by atoms with Crippen molar-refractivity contribution in [2.45, 2.75) is 38.1 Å². The zero-order valence-corrected chi connectivity index (χ0v) is 13.8. The average molecular weight is 350 g/mol. The van der Waals surface area contributed by atoms with Crippen LogP contribution in [0.4, 0.5) is 5.69 Å². The number of nitrogens with one attached hydrogen (secondary N) is 1. The van der Waals surface area contributed by atoms with Crippen molar-refractivity contribution in [2.75, 3.05) is 6.54 Å². The van der Waals surface area contributed by atoms with Crippen molar-refractivity contribution in [3.05, 3.63) is 39.9 Å². The van der Waals surface area contributed by atoms with Crippen LogP contribution in [-0.4, -0.2) is 39.7 Å². The van der Waals surface area contributed by atoms with Crippen LogP contribution in [0.25, 0.3) is 0 Å². The highest BCUT2D eigenvalue weighted by Gasteiger charge is 2.38. The van der Waals surface area contributed by atoms with Gasteiger partial charge in [-0.2, -0.15) is 0 Å². The van der Waals surface area contributed by atoms with E-state index in [4.69, 9.17) is 19.8 Å². The number of hydrogen-bond donors (Lipinski definition) is 3. The van der Waals surface area contributed by atoms with Crippen LogP contribution in [0.15, 0.2) is 24.3 Å². The van der Waals surface area contributed by atoms with E-state index in [2.05, 4.69) is 5.32 Å². The Labute approximate surface area is 145 Å². The Morgan fingerprint density at radius 1 is 1.12 bits per heavy atom. The van der Waals surface area contributed by atoms with Gasteiger partial charge in [0.2, 0.25) is 0 Å². The minimum atomic E-state index is -1.82. The second-order valence-electron chi connectivity index (χ2n) is 6.52. The molecule has 1 aromatic rings. The summed E-state index contributed by atoms with van der Waals surface area (Å²) < 4.78 is 0. The molecule has 0 aromatic heterocycles. The Morgan fingerprint density at radius 3 is 2.20 bits per heavy atom. The van der Waals surface area contributed by atoms with Crippen molar-refractivity contribution >= 4 is 17.6 Å². The Balaban J connectivity index is 0.000000326. The average Bonchev–Trinajstić information content (AvgIpc) is 3.19. The number of rotatable bonds is 5. The summed E-state index contributed by atoms with van der Waals surface area (Å²) in [5, 5.41) is 29.0. The van der Waals surface area contributed by atoms with Gasteiger partial charge >= 0.3 is 11.9 Å². The van der Waals surface area contributed by atoms with Crippen molar-refractivity contribution in [3.8, 4) is 0 Å². The Bertz CT molecular complexity index is 619. The predicted molar refractivity (Wildman–Crippen MR) is 89.3 cm³/mol. The van der Waals surface area contributed by atoms with Gasteiger partial charge < -0.3 is 15.5 Å². The molecule has 0 heterocycles. The number of nitro groups is 1. The number of aliphatic carboxylic acids is 2. The fourth-order valence-corrected chi connectivity index (χ4v) is 3.68. The lowest BCUT2D eigenvalue weighted by Gasteiger charge is -2.22. The predicted octanol–water partition coefficient (Wildman–Crippen LogP) is 2.07. The molecule has 2 aliphatic rings. The Kier molecular flexibility index (Phi) is 6.46. The molecule has 2 bridgehead atoms. The molecule has 2 fully saturated rings. The van der Waals surface area contributed by atoms with Gasteiger partial charge in [0.25, 0.3) is 5.69 Å². The maximum Gasteiger partial charge on any atom is 0.414 e. The highest BCUT2D eigenvalue weighted by molar-refractivity contribution is 6.27. The molecular formula is C17H22N2O6. The molecule has 0 amide bonds. The van der Waals surface area contributed by atoms with Gasteiger partial charge in [0, 0.05) is 18.2 Å². The van der Waals surface area contributed by atoms with Crippen LogP contribution in [-0.2, 0) is 16.0 Å². The van der Waals surface area contributed by atoms with E-state index in [-0.39, 0.29) is 10.6 Å². The fourth-order valence-electron chi connectivity index (χ4n) is 3.68. The number of carboxylic acids is 2. The number of nitrogens with zero attached hydrogens (tertiary/aromatic N) is 1. The van der Waals surface area contributed by atoms with Gasteiger partial charge in [-0.05, 0) is 49.6 Å². The third-order valence-electron chi connectivity index (χ3n) is 4.89. The molecule has 3 N–H and O–H groups in total. The molecule has 8 nitrogen and oxygen atoms in total. The summed E-state index contributed by atoms with van der Waals surface area (Å²) in [4.78, 5) is 28.4. The van der Waals surface area contributed by atoms with E-state index >= 15 is 0 Å². The van der Waals surface area contributed by atoms with Gasteiger partial charge in [0.15, 0.2) is 0 Å². The quantitative estimate of drug-likeness (QED) is 0.421. The zero-order chi connectivity index (χ0) is 18.4. The Hall–Kier alpha value is -2.48. The Morgan fingerprint density at radius 2 is 1.76 bits per heavy atom. The van der Waals surface area contributed by atoms with E-state index in [0.717, 1.165) is 30.8 Å². The first-order valence-electron chi connectivity index (χ1n) is 8.29. The third kappa shape index (κ3) is 5.53. The monoisotopic (exact) mass is 350 g/mol. The lowest BCUT2D eigenvalue weighted by atomic mass is 9.95. The minimum Gasteiger partial charge on any atom is -0.473 e. The van der Waals surface area contributed by atoms with Crippen LogP contribution in [0.1, 0.15) is 31.2 Å². The van der Waals surface area contributed by atoms with E-state index in [0.29, 0.717) is 0 Å². The van der Waals surface area contributed by atoms with E-state index < -0.39 is 11.9 Å². The minimum absolute atomic E-state index is 0.171. The molecule has 0 spiro atoms. The summed E-state index contributed by atoms with van der Waals surface area (Å²) in [6.07, 6.45) is 6.57. The number of carboxylic acid groups (broad SMARTS) is 2. The molecule has 0 radical (unpaired) electrons. The fraction of sp³-hybridized carbons (Fsp3) is 0.529. The molecule has 8 heteroatoms. The zero-order valence-electron chi connectivity index (χ0n) is 13.8. The summed E-state index contributed by atoms with van der Waals surface area (Å²) >= 11 is 0. The summed E-state index contributed by atoms with van der Waals surface area (Å²) in [7, 11) is 0. The molecule has 2 saturated carbocycles. The van der Waals surface area contributed by atoms with E-state index in [1.807, 2.05) is 12.1 Å². The molecule has 1 aromatic carbocycles. The normalized spacial score (nSPS) is 23.6. The smallest absolute Gasteiger partial charge is 0.414 e. The highest BCUT2D eigenvalue weighted by Crippen LogP contribution is 2.44. The summed E-state index contributed by atoms with van der Waals surface area (Å²) in [5.74, 6) is -1.77. The van der Waals surface area contributed by atoms with Crippen LogP contribution in [0.5, 0.6) is 0 Å². The summed E-state index contributed by atoms with van der Waals surface area (Å²) in [5.41, 5.74) is 1.34. The number of benzene rings is 1. The van der Waals surface area contributed by atoms with Gasteiger partial charge in [0.1, 0.15) is 0 Å². The number of carbonyl (C=O) groups is 2. The van der Waals surface area contributed by atoms with E-state index in [9.17, 15) is 10.1 Å². The van der Waals surface area contributed by atoms with Crippen molar-refractivity contribution in [1.82, 2.24) is 5.32 Å². The molecule has 3 rings (SSSR count). The molecular weight excluding hydrogens is 328 g/mol. The summed E-state index contributed by atoms with van der Waals surface area (Å²) in [6.45, 7) is 0.978.